The molecule has 1 saturated heterocycles. The summed E-state index contributed by atoms with van der Waals surface area (Å²) in [7, 11) is 0. The molecule has 1 aliphatic heterocycles. The molecular formula is C24H18N4O6. The molecule has 4 rings (SSSR count). The Balaban J connectivity index is 1.53. The summed E-state index contributed by atoms with van der Waals surface area (Å²) in [6, 6.07) is 15.2. The number of carbonyl (C=O) groups is 3. The highest BCUT2D eigenvalue weighted by Gasteiger charge is 2.36. The van der Waals surface area contributed by atoms with E-state index in [1.165, 1.54) is 18.2 Å². The van der Waals surface area contributed by atoms with Crippen LogP contribution in [0.5, 0.6) is 11.6 Å². The fourth-order valence-electron chi connectivity index (χ4n) is 3.23. The van der Waals surface area contributed by atoms with Gasteiger partial charge in [0.2, 0.25) is 5.88 Å². The van der Waals surface area contributed by atoms with Crippen LogP contribution in [-0.4, -0.2) is 27.8 Å². The Morgan fingerprint density at radius 3 is 2.32 bits per heavy atom. The van der Waals surface area contributed by atoms with Crippen molar-refractivity contribution in [2.75, 3.05) is 4.90 Å². The highest BCUT2D eigenvalue weighted by molar-refractivity contribution is 6.39. The van der Waals surface area contributed by atoms with E-state index in [4.69, 9.17) is 4.74 Å². The second kappa shape index (κ2) is 9.33. The van der Waals surface area contributed by atoms with E-state index in [0.717, 1.165) is 23.1 Å². The van der Waals surface area contributed by atoms with Gasteiger partial charge in [0.05, 0.1) is 10.6 Å². The maximum atomic E-state index is 13.0. The number of benzene rings is 2. The smallest absolute Gasteiger partial charge is 0.335 e. The monoisotopic (exact) mass is 458 g/mol. The molecule has 10 heteroatoms. The molecule has 0 atom stereocenters. The minimum Gasteiger partial charge on any atom is -0.439 e. The number of aromatic nitrogens is 1. The number of anilines is 1. The largest absolute Gasteiger partial charge is 0.439 e. The van der Waals surface area contributed by atoms with Crippen LogP contribution in [0.2, 0.25) is 0 Å². The zero-order chi connectivity index (χ0) is 24.2. The number of barbiturate groups is 1. The molecule has 1 N–H and O–H groups in total. The molecule has 2 heterocycles. The summed E-state index contributed by atoms with van der Waals surface area (Å²) in [5.74, 6) is -0.947. The number of amides is 4. The molecule has 1 aliphatic rings. The molecule has 1 fully saturated rings. The molecule has 1 aromatic heterocycles. The first-order valence-corrected chi connectivity index (χ1v) is 10.2. The third kappa shape index (κ3) is 4.65. The molecule has 10 nitrogen and oxygen atoms in total. The normalized spacial score (nSPS) is 14.8. The van der Waals surface area contributed by atoms with Gasteiger partial charge in [0.1, 0.15) is 17.5 Å². The molecular weight excluding hydrogens is 440 g/mol. The van der Waals surface area contributed by atoms with Crippen molar-refractivity contribution in [3.05, 3.63) is 93.7 Å². The minimum absolute atomic E-state index is 0.154. The second-order valence-corrected chi connectivity index (χ2v) is 7.26. The van der Waals surface area contributed by atoms with Crippen LogP contribution in [0.3, 0.4) is 0 Å². The van der Waals surface area contributed by atoms with Crippen LogP contribution in [0, 0.1) is 10.1 Å². The molecule has 170 valence electrons. The Labute approximate surface area is 193 Å². The number of aryl methyl sites for hydroxylation is 1. The van der Waals surface area contributed by atoms with Crippen molar-refractivity contribution >= 4 is 35.3 Å². The van der Waals surface area contributed by atoms with Crippen molar-refractivity contribution in [1.29, 1.82) is 0 Å². The number of urea groups is 1. The van der Waals surface area contributed by atoms with Gasteiger partial charge in [0.15, 0.2) is 0 Å². The van der Waals surface area contributed by atoms with Gasteiger partial charge in [0, 0.05) is 12.1 Å². The second-order valence-electron chi connectivity index (χ2n) is 7.26. The standard InChI is InChI=1S/C24H18N4O6/c1-2-15-3-7-17(8-4-15)27-23(30)20(22(29)26-24(27)31)13-16-5-10-19(11-6-16)34-21-12-9-18(14-25-21)28(32)33/h3-14H,2H2,1H3,(H,26,29,31)/b20-13-. The van der Waals surface area contributed by atoms with Crippen LogP contribution in [-0.2, 0) is 16.0 Å². The highest BCUT2D eigenvalue weighted by Crippen LogP contribution is 2.25. The predicted octanol–water partition coefficient (Wildman–Crippen LogP) is 4.01. The van der Waals surface area contributed by atoms with Gasteiger partial charge >= 0.3 is 6.03 Å². The number of imide groups is 2. The van der Waals surface area contributed by atoms with Crippen molar-refractivity contribution in [3.8, 4) is 11.6 Å². The number of hydrogen-bond donors (Lipinski definition) is 1. The molecule has 34 heavy (non-hydrogen) atoms. The van der Waals surface area contributed by atoms with E-state index >= 15 is 0 Å². The first-order chi connectivity index (χ1) is 16.4. The lowest BCUT2D eigenvalue weighted by Crippen LogP contribution is -2.54. The van der Waals surface area contributed by atoms with Gasteiger partial charge in [-0.3, -0.25) is 25.0 Å². The average Bonchev–Trinajstić information content (AvgIpc) is 2.83. The summed E-state index contributed by atoms with van der Waals surface area (Å²) in [5, 5.41) is 12.9. The lowest BCUT2D eigenvalue weighted by atomic mass is 10.1. The summed E-state index contributed by atoms with van der Waals surface area (Å²) >= 11 is 0. The zero-order valence-corrected chi connectivity index (χ0v) is 17.9. The topological polar surface area (TPSA) is 132 Å². The molecule has 4 amide bonds. The number of rotatable bonds is 6. The van der Waals surface area contributed by atoms with Gasteiger partial charge in [-0.2, -0.15) is 0 Å². The molecule has 0 unspecified atom stereocenters. The molecule has 0 saturated carbocycles. The number of nitro groups is 1. The molecule has 0 bridgehead atoms. The molecule has 0 spiro atoms. The Morgan fingerprint density at radius 2 is 1.74 bits per heavy atom. The fourth-order valence-corrected chi connectivity index (χ4v) is 3.23. The van der Waals surface area contributed by atoms with Crippen LogP contribution < -0.4 is 15.0 Å². The summed E-state index contributed by atoms with van der Waals surface area (Å²) in [4.78, 5) is 52.6. The number of ether oxygens (including phenoxy) is 1. The van der Waals surface area contributed by atoms with Gasteiger partial charge < -0.3 is 4.74 Å². The van der Waals surface area contributed by atoms with E-state index < -0.39 is 22.8 Å². The number of pyridine rings is 1. The fraction of sp³-hybridized carbons (Fsp3) is 0.0833. The van der Waals surface area contributed by atoms with Gasteiger partial charge in [-0.25, -0.2) is 14.7 Å². The zero-order valence-electron chi connectivity index (χ0n) is 17.9. The third-order valence-electron chi connectivity index (χ3n) is 5.05. The summed E-state index contributed by atoms with van der Waals surface area (Å²) < 4.78 is 5.55. The van der Waals surface area contributed by atoms with Gasteiger partial charge in [-0.1, -0.05) is 31.2 Å². The Hall–Kier alpha value is -4.86. The maximum Gasteiger partial charge on any atom is 0.335 e. The summed E-state index contributed by atoms with van der Waals surface area (Å²) in [5.41, 5.74) is 1.59. The van der Waals surface area contributed by atoms with Crippen molar-refractivity contribution in [2.45, 2.75) is 13.3 Å². The maximum absolute atomic E-state index is 13.0. The minimum atomic E-state index is -0.809. The van der Waals surface area contributed by atoms with Gasteiger partial charge in [-0.05, 0) is 47.9 Å². The van der Waals surface area contributed by atoms with Gasteiger partial charge in [-0.15, -0.1) is 0 Å². The first kappa shape index (κ1) is 22.3. The van der Waals surface area contributed by atoms with Crippen LogP contribution in [0.4, 0.5) is 16.2 Å². The molecule has 2 aromatic carbocycles. The molecule has 3 aromatic rings. The third-order valence-corrected chi connectivity index (χ3v) is 5.05. The van der Waals surface area contributed by atoms with E-state index in [-0.39, 0.29) is 17.1 Å². The van der Waals surface area contributed by atoms with Crippen LogP contribution in [0.15, 0.2) is 72.4 Å². The number of nitrogens with one attached hydrogen (secondary N) is 1. The SMILES string of the molecule is CCc1ccc(N2C(=O)NC(=O)/C(=C/c3ccc(Oc4ccc([N+](=O)[O-])cn4)cc3)C2=O)cc1. The van der Waals surface area contributed by atoms with E-state index in [0.29, 0.717) is 17.0 Å². The van der Waals surface area contributed by atoms with Crippen LogP contribution >= 0.6 is 0 Å². The number of hydrogen-bond acceptors (Lipinski definition) is 7. The predicted molar refractivity (Wildman–Crippen MR) is 122 cm³/mol. The van der Waals surface area contributed by atoms with Crippen LogP contribution in [0.1, 0.15) is 18.1 Å². The van der Waals surface area contributed by atoms with E-state index in [1.54, 1.807) is 36.4 Å². The number of carbonyl (C=O) groups excluding carboxylic acids is 3. The van der Waals surface area contributed by atoms with Crippen molar-refractivity contribution < 1.29 is 24.0 Å². The van der Waals surface area contributed by atoms with Crippen molar-refractivity contribution in [3.63, 3.8) is 0 Å². The van der Waals surface area contributed by atoms with Crippen molar-refractivity contribution in [1.82, 2.24) is 10.3 Å². The summed E-state index contributed by atoms with van der Waals surface area (Å²) in [6.07, 6.45) is 3.28. The van der Waals surface area contributed by atoms with Crippen LogP contribution in [0.25, 0.3) is 6.08 Å². The Kier molecular flexibility index (Phi) is 6.13. The average molecular weight is 458 g/mol. The number of nitrogens with zero attached hydrogens (tertiary/aromatic N) is 3. The van der Waals surface area contributed by atoms with E-state index in [2.05, 4.69) is 10.3 Å². The van der Waals surface area contributed by atoms with Crippen molar-refractivity contribution in [2.24, 2.45) is 0 Å². The summed E-state index contributed by atoms with van der Waals surface area (Å²) in [6.45, 7) is 1.99. The molecule has 0 radical (unpaired) electrons. The Bertz CT molecular complexity index is 1300. The highest BCUT2D eigenvalue weighted by atomic mass is 16.6. The van der Waals surface area contributed by atoms with Gasteiger partial charge in [0.25, 0.3) is 17.5 Å². The quantitative estimate of drug-likeness (QED) is 0.255. The lowest BCUT2D eigenvalue weighted by molar-refractivity contribution is -0.385. The first-order valence-electron chi connectivity index (χ1n) is 10.2. The van der Waals surface area contributed by atoms with E-state index in [1.807, 2.05) is 19.1 Å². The lowest BCUT2D eigenvalue weighted by Gasteiger charge is -2.26. The van der Waals surface area contributed by atoms with E-state index in [9.17, 15) is 24.5 Å². The molecule has 0 aliphatic carbocycles. The Morgan fingerprint density at radius 1 is 1.03 bits per heavy atom.